The smallest absolute Gasteiger partial charge is 0.342 e. The summed E-state index contributed by atoms with van der Waals surface area (Å²) in [6.45, 7) is 3.49. The van der Waals surface area contributed by atoms with Crippen molar-refractivity contribution in [3.8, 4) is 40.2 Å². The maximum atomic E-state index is 13.9. The van der Waals surface area contributed by atoms with E-state index >= 15 is 0 Å². The number of nitrogens with zero attached hydrogens (tertiary/aromatic N) is 2. The van der Waals surface area contributed by atoms with Gasteiger partial charge in [-0.05, 0) is 74.9 Å². The number of Topliss-reactive ketones (excluding diaryl/α,β-unsaturated/α-hetero) is 1. The van der Waals surface area contributed by atoms with E-state index in [0.29, 0.717) is 72.3 Å². The van der Waals surface area contributed by atoms with E-state index in [1.807, 2.05) is 0 Å². The summed E-state index contributed by atoms with van der Waals surface area (Å²) in [7, 11) is 7.27. The van der Waals surface area contributed by atoms with Gasteiger partial charge in [0.1, 0.15) is 28.7 Å². The predicted octanol–water partition coefficient (Wildman–Crippen LogP) is 5.98. The summed E-state index contributed by atoms with van der Waals surface area (Å²) in [5.74, 6) is -1.24. The Balaban J connectivity index is 1.54. The fraction of sp³-hybridized carbons (Fsp3) is 0.419. The SMILES string of the molecule is COc1cc2nc(C)n(CCNC(=O)CC(c3cc(OC)c(OC)c(OC)c3)c3c(O)cc4c(c3O)C(=O)OC(C)CCCC(=O)CCCC=C4)c(=O)c2cc1OC. The molecule has 1 aromatic heterocycles. The molecule has 1 aliphatic heterocycles. The number of ketones is 1. The Kier molecular flexibility index (Phi) is 14.2. The van der Waals surface area contributed by atoms with Crippen LogP contribution in [0.3, 0.4) is 0 Å². The van der Waals surface area contributed by atoms with Crippen molar-refractivity contribution in [3.05, 3.63) is 74.8 Å². The lowest BCUT2D eigenvalue weighted by Crippen LogP contribution is -2.33. The molecule has 5 rings (SSSR count). The van der Waals surface area contributed by atoms with Gasteiger partial charge in [0.2, 0.25) is 11.7 Å². The molecule has 1 amide bonds. The Morgan fingerprint density at radius 2 is 1.57 bits per heavy atom. The molecule has 58 heavy (non-hydrogen) atoms. The van der Waals surface area contributed by atoms with E-state index in [4.69, 9.17) is 28.4 Å². The number of methoxy groups -OCH3 is 5. The highest BCUT2D eigenvalue weighted by Gasteiger charge is 2.32. The van der Waals surface area contributed by atoms with Crippen molar-refractivity contribution in [3.63, 3.8) is 0 Å². The number of rotatable bonds is 12. The first-order valence-corrected chi connectivity index (χ1v) is 19.0. The van der Waals surface area contributed by atoms with Gasteiger partial charge in [-0.25, -0.2) is 9.78 Å². The minimum absolute atomic E-state index is 0.0186. The van der Waals surface area contributed by atoms with Crippen LogP contribution in [-0.4, -0.2) is 85.6 Å². The fourth-order valence-electron chi connectivity index (χ4n) is 7.20. The largest absolute Gasteiger partial charge is 0.507 e. The average Bonchev–Trinajstić information content (AvgIpc) is 3.19. The number of esters is 1. The summed E-state index contributed by atoms with van der Waals surface area (Å²) in [6, 6.07) is 7.72. The standard InChI is InChI=1S/C43H51N3O12/c1-24-12-11-15-28(47)14-10-8-9-13-26-18-32(48)39(40(50)38(26)43(52)58-24)29(27-19-35(55-5)41(57-7)36(20-27)56-6)22-37(49)44-16-17-46-25(2)45-31-23-34(54-4)33(53-3)21-30(31)42(46)51/h9,13,18-21,23-24,29,48,50H,8,10-12,14-17,22H2,1-7H3,(H,44,49). The van der Waals surface area contributed by atoms with E-state index in [2.05, 4.69) is 10.3 Å². The molecule has 15 nitrogen and oxygen atoms in total. The Hall–Kier alpha value is -6.25. The molecular weight excluding hydrogens is 750 g/mol. The van der Waals surface area contributed by atoms with Crippen LogP contribution in [0.15, 0.2) is 41.2 Å². The number of nitrogens with one attached hydrogen (secondary N) is 1. The third kappa shape index (κ3) is 9.47. The lowest BCUT2D eigenvalue weighted by Gasteiger charge is -2.24. The zero-order valence-corrected chi connectivity index (χ0v) is 33.9. The number of carbonyl (C=O) groups is 3. The molecule has 0 radical (unpaired) electrons. The molecule has 15 heteroatoms. The van der Waals surface area contributed by atoms with Gasteiger partial charge in [-0.1, -0.05) is 12.2 Å². The van der Waals surface area contributed by atoms with Crippen LogP contribution in [-0.2, 0) is 20.9 Å². The highest BCUT2D eigenvalue weighted by molar-refractivity contribution is 5.98. The van der Waals surface area contributed by atoms with Gasteiger partial charge in [-0.2, -0.15) is 0 Å². The second-order valence-electron chi connectivity index (χ2n) is 14.0. The quantitative estimate of drug-likeness (QED) is 0.142. The van der Waals surface area contributed by atoms with Gasteiger partial charge in [0.15, 0.2) is 23.0 Å². The van der Waals surface area contributed by atoms with Gasteiger partial charge in [0.05, 0.1) is 52.6 Å². The van der Waals surface area contributed by atoms with Crippen molar-refractivity contribution in [1.82, 2.24) is 14.9 Å². The molecule has 2 unspecified atom stereocenters. The number of allylic oxidation sites excluding steroid dienone is 1. The third-order valence-electron chi connectivity index (χ3n) is 10.2. The first kappa shape index (κ1) is 42.9. The van der Waals surface area contributed by atoms with E-state index in [1.165, 1.54) is 46.2 Å². The molecular formula is C43H51N3O12. The number of aryl methyl sites for hydroxylation is 1. The Labute approximate surface area is 336 Å². The predicted molar refractivity (Wildman–Crippen MR) is 216 cm³/mol. The molecule has 0 saturated carbocycles. The van der Waals surface area contributed by atoms with Crippen molar-refractivity contribution in [2.24, 2.45) is 0 Å². The number of amides is 1. The van der Waals surface area contributed by atoms with Crippen LogP contribution in [0.25, 0.3) is 17.0 Å². The average molecular weight is 802 g/mol. The number of ether oxygens (including phenoxy) is 6. The van der Waals surface area contributed by atoms with Crippen molar-refractivity contribution in [2.45, 2.75) is 77.4 Å². The minimum atomic E-state index is -1.08. The van der Waals surface area contributed by atoms with Gasteiger partial charge in [0.25, 0.3) is 5.56 Å². The van der Waals surface area contributed by atoms with Crippen LogP contribution in [0.5, 0.6) is 40.2 Å². The number of hydrogen-bond donors (Lipinski definition) is 3. The summed E-state index contributed by atoms with van der Waals surface area (Å²) >= 11 is 0. The lowest BCUT2D eigenvalue weighted by molar-refractivity contribution is -0.121. The van der Waals surface area contributed by atoms with Crippen LogP contribution in [0.4, 0.5) is 0 Å². The molecule has 2 heterocycles. The number of phenols is 2. The van der Waals surface area contributed by atoms with Crippen LogP contribution in [0.2, 0.25) is 0 Å². The first-order valence-electron chi connectivity index (χ1n) is 19.0. The summed E-state index contributed by atoms with van der Waals surface area (Å²) in [4.78, 5) is 58.2. The normalized spacial score (nSPS) is 15.5. The van der Waals surface area contributed by atoms with Crippen molar-refractivity contribution in [1.29, 1.82) is 0 Å². The molecule has 0 bridgehead atoms. The van der Waals surface area contributed by atoms with Gasteiger partial charge < -0.3 is 44.0 Å². The Bertz CT molecular complexity index is 2240. The van der Waals surface area contributed by atoms with E-state index in [9.17, 15) is 29.4 Å². The Morgan fingerprint density at radius 3 is 2.22 bits per heavy atom. The summed E-state index contributed by atoms with van der Waals surface area (Å²) in [5.41, 5.74) is 0.383. The number of aromatic nitrogens is 2. The highest BCUT2D eigenvalue weighted by Crippen LogP contribution is 2.48. The first-order chi connectivity index (χ1) is 27.8. The lowest BCUT2D eigenvalue weighted by atomic mass is 9.84. The number of carbonyl (C=O) groups excluding carboxylic acids is 3. The van der Waals surface area contributed by atoms with E-state index in [-0.39, 0.29) is 70.5 Å². The number of fused-ring (bicyclic) bond motifs is 2. The summed E-state index contributed by atoms with van der Waals surface area (Å²) in [6.07, 6.45) is 5.35. The van der Waals surface area contributed by atoms with E-state index in [1.54, 1.807) is 50.3 Å². The van der Waals surface area contributed by atoms with E-state index < -0.39 is 29.6 Å². The maximum absolute atomic E-state index is 13.9. The molecule has 3 N–H and O–H groups in total. The molecule has 1 aliphatic rings. The van der Waals surface area contributed by atoms with E-state index in [0.717, 1.165) is 0 Å². The number of phenolic OH excluding ortho intramolecular Hbond substituents is 2. The third-order valence-corrected chi connectivity index (χ3v) is 10.2. The minimum Gasteiger partial charge on any atom is -0.507 e. The molecule has 3 aromatic carbocycles. The second kappa shape index (κ2) is 19.3. The van der Waals surface area contributed by atoms with Gasteiger partial charge in [-0.15, -0.1) is 0 Å². The van der Waals surface area contributed by atoms with Crippen LogP contribution < -0.4 is 34.6 Å². The highest BCUT2D eigenvalue weighted by atomic mass is 16.5. The second-order valence-corrected chi connectivity index (χ2v) is 14.0. The molecule has 0 fully saturated rings. The summed E-state index contributed by atoms with van der Waals surface area (Å²) < 4.78 is 34.7. The van der Waals surface area contributed by atoms with Crippen LogP contribution in [0, 0.1) is 6.92 Å². The number of cyclic esters (lactones) is 1. The van der Waals surface area contributed by atoms with Gasteiger partial charge in [0, 0.05) is 49.9 Å². The molecule has 0 spiro atoms. The zero-order chi connectivity index (χ0) is 42.1. The van der Waals surface area contributed by atoms with Gasteiger partial charge in [-0.3, -0.25) is 19.0 Å². The number of aromatic hydroxyl groups is 2. The van der Waals surface area contributed by atoms with Gasteiger partial charge >= 0.3 is 5.97 Å². The van der Waals surface area contributed by atoms with Crippen molar-refractivity contribution >= 4 is 34.6 Å². The zero-order valence-electron chi connectivity index (χ0n) is 33.9. The number of hydrogen-bond acceptors (Lipinski definition) is 13. The van der Waals surface area contributed by atoms with Crippen LogP contribution in [0.1, 0.15) is 90.7 Å². The molecule has 0 saturated heterocycles. The monoisotopic (exact) mass is 801 g/mol. The number of benzene rings is 3. The molecule has 0 aliphatic carbocycles. The Morgan fingerprint density at radius 1 is 0.914 bits per heavy atom. The van der Waals surface area contributed by atoms with Crippen molar-refractivity contribution < 1.29 is 53.0 Å². The van der Waals surface area contributed by atoms with Crippen LogP contribution >= 0.6 is 0 Å². The fourth-order valence-corrected chi connectivity index (χ4v) is 7.20. The van der Waals surface area contributed by atoms with Crippen molar-refractivity contribution in [2.75, 3.05) is 42.1 Å². The topological polar surface area (TPSA) is 194 Å². The molecule has 2 atom stereocenters. The summed E-state index contributed by atoms with van der Waals surface area (Å²) in [5, 5.41) is 26.9. The maximum Gasteiger partial charge on any atom is 0.342 e. The molecule has 4 aromatic rings. The molecule has 310 valence electrons.